The second-order valence-electron chi connectivity index (χ2n) is 4.87. The molecule has 1 aromatic rings. The summed E-state index contributed by atoms with van der Waals surface area (Å²) in [6.45, 7) is 4.67. The second kappa shape index (κ2) is 5.41. The standard InChI is InChI=1S/C13H18N2O5/c1-2-17-11(16)10-8-18-12(14-10)15-5-3-4-13(9-15)19-6-7-20-13/h8H,2-7,9H2,1H3. The summed E-state index contributed by atoms with van der Waals surface area (Å²) in [7, 11) is 0. The summed E-state index contributed by atoms with van der Waals surface area (Å²) >= 11 is 0. The van der Waals surface area contributed by atoms with Crippen molar-refractivity contribution < 1.29 is 23.4 Å². The number of piperidine rings is 1. The van der Waals surface area contributed by atoms with Crippen LogP contribution in [0, 0.1) is 0 Å². The molecular formula is C13H18N2O5. The molecule has 2 aliphatic rings. The van der Waals surface area contributed by atoms with Gasteiger partial charge in [0.05, 0.1) is 26.4 Å². The number of rotatable bonds is 3. The zero-order valence-electron chi connectivity index (χ0n) is 11.5. The molecule has 2 saturated heterocycles. The van der Waals surface area contributed by atoms with Crippen molar-refractivity contribution in [2.24, 2.45) is 0 Å². The molecule has 0 unspecified atom stereocenters. The van der Waals surface area contributed by atoms with E-state index in [9.17, 15) is 4.79 Å². The van der Waals surface area contributed by atoms with E-state index in [4.69, 9.17) is 18.6 Å². The number of hydrogen-bond donors (Lipinski definition) is 0. The van der Waals surface area contributed by atoms with Crippen molar-refractivity contribution in [3.63, 3.8) is 0 Å². The van der Waals surface area contributed by atoms with E-state index in [1.807, 2.05) is 4.90 Å². The van der Waals surface area contributed by atoms with Gasteiger partial charge in [-0.3, -0.25) is 0 Å². The number of aromatic nitrogens is 1. The normalized spacial score (nSPS) is 21.4. The topological polar surface area (TPSA) is 74.0 Å². The van der Waals surface area contributed by atoms with Gasteiger partial charge >= 0.3 is 5.97 Å². The lowest BCUT2D eigenvalue weighted by molar-refractivity contribution is -0.161. The molecule has 0 aliphatic carbocycles. The van der Waals surface area contributed by atoms with Crippen LogP contribution in [0.15, 0.2) is 10.7 Å². The molecule has 3 heterocycles. The lowest BCUT2D eigenvalue weighted by Crippen LogP contribution is -2.49. The fourth-order valence-corrected chi connectivity index (χ4v) is 2.59. The van der Waals surface area contributed by atoms with Crippen molar-refractivity contribution in [2.45, 2.75) is 25.6 Å². The summed E-state index contributed by atoms with van der Waals surface area (Å²) in [5, 5.41) is 0. The summed E-state index contributed by atoms with van der Waals surface area (Å²) in [6.07, 6.45) is 3.12. The molecule has 110 valence electrons. The molecule has 0 radical (unpaired) electrons. The molecular weight excluding hydrogens is 264 g/mol. The van der Waals surface area contributed by atoms with E-state index < -0.39 is 11.8 Å². The van der Waals surface area contributed by atoms with Gasteiger partial charge in [0, 0.05) is 13.0 Å². The Labute approximate surface area is 116 Å². The Morgan fingerprint density at radius 1 is 1.50 bits per heavy atom. The zero-order chi connectivity index (χ0) is 14.0. The lowest BCUT2D eigenvalue weighted by Gasteiger charge is -2.37. The predicted molar refractivity (Wildman–Crippen MR) is 68.5 cm³/mol. The van der Waals surface area contributed by atoms with Crippen LogP contribution in [0.2, 0.25) is 0 Å². The summed E-state index contributed by atoms with van der Waals surface area (Å²) in [4.78, 5) is 17.7. The molecule has 0 N–H and O–H groups in total. The SMILES string of the molecule is CCOC(=O)c1coc(N2CCCC3(C2)OCCO3)n1. The van der Waals surface area contributed by atoms with Gasteiger partial charge in [-0.05, 0) is 13.3 Å². The molecule has 0 bridgehead atoms. The summed E-state index contributed by atoms with van der Waals surface area (Å²) in [5.41, 5.74) is 0.190. The van der Waals surface area contributed by atoms with Crippen LogP contribution in [0.3, 0.4) is 0 Å². The summed E-state index contributed by atoms with van der Waals surface area (Å²) < 4.78 is 21.7. The number of esters is 1. The molecule has 3 rings (SSSR count). The smallest absolute Gasteiger partial charge is 0.360 e. The van der Waals surface area contributed by atoms with E-state index in [2.05, 4.69) is 4.98 Å². The minimum absolute atomic E-state index is 0.190. The molecule has 0 aromatic carbocycles. The number of anilines is 1. The molecule has 0 saturated carbocycles. The van der Waals surface area contributed by atoms with Crippen molar-refractivity contribution in [1.29, 1.82) is 0 Å². The first-order valence-electron chi connectivity index (χ1n) is 6.88. The molecule has 20 heavy (non-hydrogen) atoms. The molecule has 1 spiro atoms. The number of oxazole rings is 1. The van der Waals surface area contributed by atoms with Gasteiger partial charge in [0.15, 0.2) is 11.5 Å². The highest BCUT2D eigenvalue weighted by Gasteiger charge is 2.42. The van der Waals surface area contributed by atoms with Gasteiger partial charge in [-0.1, -0.05) is 0 Å². The number of carbonyl (C=O) groups is 1. The monoisotopic (exact) mass is 282 g/mol. The third kappa shape index (κ3) is 2.51. The van der Waals surface area contributed by atoms with Crippen LogP contribution in [0.25, 0.3) is 0 Å². The maximum absolute atomic E-state index is 11.6. The maximum atomic E-state index is 11.6. The van der Waals surface area contributed by atoms with Gasteiger partial charge in [0.2, 0.25) is 0 Å². The van der Waals surface area contributed by atoms with Crippen molar-refractivity contribution in [3.05, 3.63) is 12.0 Å². The van der Waals surface area contributed by atoms with Crippen LogP contribution in [-0.2, 0) is 14.2 Å². The second-order valence-corrected chi connectivity index (χ2v) is 4.87. The molecule has 2 aliphatic heterocycles. The number of ether oxygens (including phenoxy) is 3. The van der Waals surface area contributed by atoms with Crippen molar-refractivity contribution in [2.75, 3.05) is 37.8 Å². The lowest BCUT2D eigenvalue weighted by atomic mass is 10.1. The van der Waals surface area contributed by atoms with Crippen molar-refractivity contribution >= 4 is 12.0 Å². The van der Waals surface area contributed by atoms with E-state index in [-0.39, 0.29) is 5.69 Å². The molecule has 2 fully saturated rings. The molecule has 7 heteroatoms. The van der Waals surface area contributed by atoms with E-state index in [1.165, 1.54) is 6.26 Å². The number of hydrogen-bond acceptors (Lipinski definition) is 7. The first-order chi connectivity index (χ1) is 9.72. The summed E-state index contributed by atoms with van der Waals surface area (Å²) in [5.74, 6) is -1.01. The van der Waals surface area contributed by atoms with Gasteiger partial charge in [-0.2, -0.15) is 4.98 Å². The maximum Gasteiger partial charge on any atom is 0.360 e. The predicted octanol–water partition coefficient (Wildman–Crippen LogP) is 1.19. The van der Waals surface area contributed by atoms with Crippen molar-refractivity contribution in [3.8, 4) is 0 Å². The fraction of sp³-hybridized carbons (Fsp3) is 0.692. The Bertz CT molecular complexity index is 481. The van der Waals surface area contributed by atoms with Crippen LogP contribution in [-0.4, -0.2) is 49.7 Å². The minimum atomic E-state index is -0.545. The number of carbonyl (C=O) groups excluding carboxylic acids is 1. The summed E-state index contributed by atoms with van der Waals surface area (Å²) in [6, 6.07) is 0.409. The fourth-order valence-electron chi connectivity index (χ4n) is 2.59. The van der Waals surface area contributed by atoms with Gasteiger partial charge in [-0.15, -0.1) is 0 Å². The van der Waals surface area contributed by atoms with E-state index in [0.29, 0.717) is 32.4 Å². The molecule has 7 nitrogen and oxygen atoms in total. The third-order valence-corrected chi connectivity index (χ3v) is 3.48. The number of nitrogens with zero attached hydrogens (tertiary/aromatic N) is 2. The van der Waals surface area contributed by atoms with Gasteiger partial charge in [0.1, 0.15) is 6.26 Å². The average molecular weight is 282 g/mol. The van der Waals surface area contributed by atoms with Gasteiger partial charge < -0.3 is 23.5 Å². The Hall–Kier alpha value is -1.60. The minimum Gasteiger partial charge on any atom is -0.461 e. The highest BCUT2D eigenvalue weighted by atomic mass is 16.7. The Morgan fingerprint density at radius 3 is 3.05 bits per heavy atom. The largest absolute Gasteiger partial charge is 0.461 e. The average Bonchev–Trinajstić information content (AvgIpc) is 3.09. The van der Waals surface area contributed by atoms with Crippen LogP contribution in [0.4, 0.5) is 6.01 Å². The first-order valence-corrected chi connectivity index (χ1v) is 6.88. The zero-order valence-corrected chi connectivity index (χ0v) is 11.5. The molecule has 0 amide bonds. The van der Waals surface area contributed by atoms with E-state index in [1.54, 1.807) is 6.92 Å². The highest BCUT2D eigenvalue weighted by Crippen LogP contribution is 2.32. The van der Waals surface area contributed by atoms with Crippen LogP contribution >= 0.6 is 0 Å². The Morgan fingerprint density at radius 2 is 2.30 bits per heavy atom. The van der Waals surface area contributed by atoms with Crippen LogP contribution in [0.5, 0.6) is 0 Å². The Balaban J connectivity index is 1.71. The Kier molecular flexibility index (Phi) is 3.62. The van der Waals surface area contributed by atoms with Crippen LogP contribution < -0.4 is 4.90 Å². The van der Waals surface area contributed by atoms with Crippen LogP contribution in [0.1, 0.15) is 30.3 Å². The molecule has 1 aromatic heterocycles. The van der Waals surface area contributed by atoms with E-state index >= 15 is 0 Å². The van der Waals surface area contributed by atoms with Gasteiger partial charge in [-0.25, -0.2) is 4.79 Å². The van der Waals surface area contributed by atoms with Gasteiger partial charge in [0.25, 0.3) is 6.01 Å². The quantitative estimate of drug-likeness (QED) is 0.771. The highest BCUT2D eigenvalue weighted by molar-refractivity contribution is 5.87. The molecule has 0 atom stereocenters. The van der Waals surface area contributed by atoms with Crippen molar-refractivity contribution in [1.82, 2.24) is 4.98 Å². The first kappa shape index (κ1) is 13.4. The van der Waals surface area contributed by atoms with E-state index in [0.717, 1.165) is 19.4 Å². The third-order valence-electron chi connectivity index (χ3n) is 3.48.